The van der Waals surface area contributed by atoms with Crippen LogP contribution in [0.3, 0.4) is 0 Å². The summed E-state index contributed by atoms with van der Waals surface area (Å²) < 4.78 is 148. The van der Waals surface area contributed by atoms with E-state index in [2.05, 4.69) is 4.74 Å². The van der Waals surface area contributed by atoms with Crippen LogP contribution in [0, 0.1) is 23.5 Å². The number of benzene rings is 3. The summed E-state index contributed by atoms with van der Waals surface area (Å²) in [5.41, 5.74) is -7.71. The lowest BCUT2D eigenvalue weighted by Crippen LogP contribution is -2.56. The molecule has 50 heavy (non-hydrogen) atoms. The van der Waals surface area contributed by atoms with Crippen molar-refractivity contribution in [1.82, 2.24) is 4.90 Å². The van der Waals surface area contributed by atoms with E-state index in [4.69, 9.17) is 0 Å². The third-order valence-corrected chi connectivity index (χ3v) is 12.1. The minimum absolute atomic E-state index is 0.0705. The summed E-state index contributed by atoms with van der Waals surface area (Å²) >= 11 is 0. The fourth-order valence-corrected chi connectivity index (χ4v) is 8.89. The topological polar surface area (TPSA) is 101 Å². The van der Waals surface area contributed by atoms with Gasteiger partial charge in [0, 0.05) is 24.6 Å². The van der Waals surface area contributed by atoms with Crippen LogP contribution in [0.15, 0.2) is 77.7 Å². The number of amides is 1. The molecular formula is C34H31F8NO6S. The first-order chi connectivity index (χ1) is 23.3. The van der Waals surface area contributed by atoms with Gasteiger partial charge in [0.15, 0.2) is 9.84 Å². The number of halogens is 8. The van der Waals surface area contributed by atoms with E-state index in [1.807, 2.05) is 0 Å². The van der Waals surface area contributed by atoms with Crippen LogP contribution in [0.25, 0.3) is 0 Å². The van der Waals surface area contributed by atoms with Crippen LogP contribution in [0.4, 0.5) is 35.1 Å². The Kier molecular flexibility index (Phi) is 10.1. The number of aliphatic carboxylic acids is 1. The van der Waals surface area contributed by atoms with Crippen molar-refractivity contribution in [3.05, 3.63) is 101 Å². The molecule has 2 aliphatic rings. The molecule has 2 fully saturated rings. The predicted octanol–water partition coefficient (Wildman–Crippen LogP) is 7.29. The number of ether oxygens (including phenoxy) is 1. The number of carboxylic acids is 1. The molecule has 0 bridgehead atoms. The molecule has 1 atom stereocenters. The molecule has 7 nitrogen and oxygen atoms in total. The molecule has 270 valence electrons. The minimum Gasteiger partial charge on any atom is -0.481 e. The standard InChI is InChI=1S/C34H31F8NO6S/c35-25-11-13-26(14-12-25)50(47,48)31(16-17-43(20-31)29(44)22-6-8-23(9-7-22)30(45)46)24-10-15-27(28(36)18-24)32(33(37,38)39,34(40,41)42)49-19-21-4-2-1-3-5-21/h1-5,10-15,18,22-23H,6-9,16-17,19-20H2,(H,45,46)/t22?,23?,31-/m0/s1. The number of alkyl halides is 6. The average molecular weight is 734 g/mol. The van der Waals surface area contributed by atoms with Crippen LogP contribution in [0.2, 0.25) is 0 Å². The molecule has 1 amide bonds. The molecule has 0 aromatic heterocycles. The van der Waals surface area contributed by atoms with Crippen molar-refractivity contribution in [1.29, 1.82) is 0 Å². The van der Waals surface area contributed by atoms with Gasteiger partial charge in [0.2, 0.25) is 5.91 Å². The van der Waals surface area contributed by atoms with Gasteiger partial charge in [-0.2, -0.15) is 26.3 Å². The second kappa shape index (κ2) is 13.6. The van der Waals surface area contributed by atoms with Gasteiger partial charge in [-0.15, -0.1) is 0 Å². The first kappa shape index (κ1) is 37.2. The maximum Gasteiger partial charge on any atom is 0.430 e. The van der Waals surface area contributed by atoms with E-state index < -0.39 is 103 Å². The highest BCUT2D eigenvalue weighted by Gasteiger charge is 2.74. The Morgan fingerprint density at radius 3 is 1.96 bits per heavy atom. The highest BCUT2D eigenvalue weighted by molar-refractivity contribution is 7.92. The van der Waals surface area contributed by atoms with Crippen molar-refractivity contribution < 1.29 is 63.0 Å². The van der Waals surface area contributed by atoms with Crippen LogP contribution < -0.4 is 0 Å². The number of sulfone groups is 1. The lowest BCUT2D eigenvalue weighted by molar-refractivity contribution is -0.393. The maximum absolute atomic E-state index is 16.0. The van der Waals surface area contributed by atoms with Gasteiger partial charge in [-0.3, -0.25) is 9.59 Å². The highest BCUT2D eigenvalue weighted by atomic mass is 32.2. The second-order valence-electron chi connectivity index (χ2n) is 12.5. The Bertz CT molecular complexity index is 1810. The van der Waals surface area contributed by atoms with Crippen molar-refractivity contribution in [3.8, 4) is 0 Å². The van der Waals surface area contributed by atoms with E-state index >= 15 is 4.39 Å². The fourth-order valence-electron chi connectivity index (χ4n) is 6.82. The Hall–Kier alpha value is -4.05. The molecule has 1 saturated carbocycles. The number of carbonyl (C=O) groups excluding carboxylic acids is 1. The van der Waals surface area contributed by atoms with E-state index in [0.717, 1.165) is 29.2 Å². The zero-order chi connectivity index (χ0) is 36.7. The summed E-state index contributed by atoms with van der Waals surface area (Å²) in [5.74, 6) is -5.73. The normalized spacial score (nSPS) is 22.0. The Morgan fingerprint density at radius 2 is 1.42 bits per heavy atom. The average Bonchev–Trinajstić information content (AvgIpc) is 3.52. The Morgan fingerprint density at radius 1 is 0.840 bits per heavy atom. The van der Waals surface area contributed by atoms with E-state index in [0.29, 0.717) is 6.07 Å². The van der Waals surface area contributed by atoms with E-state index in [-0.39, 0.29) is 49.9 Å². The zero-order valence-corrected chi connectivity index (χ0v) is 26.9. The number of rotatable bonds is 9. The van der Waals surface area contributed by atoms with E-state index in [1.54, 1.807) is 0 Å². The number of likely N-dealkylation sites (tertiary alicyclic amines) is 1. The van der Waals surface area contributed by atoms with Crippen LogP contribution in [-0.2, 0) is 41.1 Å². The summed E-state index contributed by atoms with van der Waals surface area (Å²) in [6, 6.07) is 11.2. The van der Waals surface area contributed by atoms with Gasteiger partial charge < -0.3 is 14.7 Å². The molecule has 3 aromatic carbocycles. The first-order valence-electron chi connectivity index (χ1n) is 15.5. The fraction of sp³-hybridized carbons (Fsp3) is 0.412. The molecule has 5 rings (SSSR count). The van der Waals surface area contributed by atoms with Crippen molar-refractivity contribution in [2.45, 2.75) is 66.3 Å². The van der Waals surface area contributed by atoms with Crippen molar-refractivity contribution in [2.24, 2.45) is 11.8 Å². The summed E-state index contributed by atoms with van der Waals surface area (Å²) in [6.45, 7) is -2.11. The number of carbonyl (C=O) groups is 2. The van der Waals surface area contributed by atoms with Gasteiger partial charge >= 0.3 is 18.3 Å². The van der Waals surface area contributed by atoms with E-state index in [1.165, 1.54) is 30.3 Å². The molecule has 0 radical (unpaired) electrons. The lowest BCUT2D eigenvalue weighted by Gasteiger charge is -2.38. The third-order valence-electron chi connectivity index (χ3n) is 9.58. The lowest BCUT2D eigenvalue weighted by atomic mass is 9.81. The molecule has 1 aliphatic heterocycles. The van der Waals surface area contributed by atoms with Crippen LogP contribution in [-0.4, -0.2) is 55.7 Å². The SMILES string of the molecule is O=C(O)C1CCC(C(=O)N2CC[C@](c3ccc(C(OCc4ccccc4)(C(F)(F)F)C(F)(F)F)c(F)c3)(S(=O)(=O)c3ccc(F)cc3)C2)CC1. The predicted molar refractivity (Wildman–Crippen MR) is 161 cm³/mol. The highest BCUT2D eigenvalue weighted by Crippen LogP contribution is 2.55. The first-order valence-corrected chi connectivity index (χ1v) is 17.0. The quantitative estimate of drug-likeness (QED) is 0.183. The maximum atomic E-state index is 16.0. The number of nitrogens with zero attached hydrogens (tertiary/aromatic N) is 1. The van der Waals surface area contributed by atoms with Crippen LogP contribution >= 0.6 is 0 Å². The molecule has 1 saturated heterocycles. The number of hydrogen-bond donors (Lipinski definition) is 1. The third kappa shape index (κ3) is 6.59. The molecule has 1 N–H and O–H groups in total. The Labute approximate surface area is 281 Å². The minimum atomic E-state index is -6.24. The summed E-state index contributed by atoms with van der Waals surface area (Å²) in [6.07, 6.45) is -12.2. The van der Waals surface area contributed by atoms with Crippen molar-refractivity contribution in [3.63, 3.8) is 0 Å². The number of carboxylic acid groups (broad SMARTS) is 1. The van der Waals surface area contributed by atoms with Crippen LogP contribution in [0.5, 0.6) is 0 Å². The molecule has 16 heteroatoms. The molecule has 0 spiro atoms. The summed E-state index contributed by atoms with van der Waals surface area (Å²) in [4.78, 5) is 25.6. The van der Waals surface area contributed by atoms with Gasteiger partial charge in [0.05, 0.1) is 17.4 Å². The molecule has 0 unspecified atom stereocenters. The smallest absolute Gasteiger partial charge is 0.430 e. The number of hydrogen-bond acceptors (Lipinski definition) is 5. The largest absolute Gasteiger partial charge is 0.481 e. The molecule has 3 aromatic rings. The van der Waals surface area contributed by atoms with Gasteiger partial charge in [0.25, 0.3) is 5.60 Å². The second-order valence-corrected chi connectivity index (χ2v) is 14.8. The summed E-state index contributed by atoms with van der Waals surface area (Å²) in [5, 5.41) is 9.30. The van der Waals surface area contributed by atoms with E-state index in [9.17, 15) is 53.8 Å². The monoisotopic (exact) mass is 733 g/mol. The van der Waals surface area contributed by atoms with Crippen molar-refractivity contribution >= 4 is 21.7 Å². The van der Waals surface area contributed by atoms with Crippen LogP contribution in [0.1, 0.15) is 48.8 Å². The molecular weight excluding hydrogens is 702 g/mol. The van der Waals surface area contributed by atoms with Gasteiger partial charge in [-0.05, 0) is 73.6 Å². The Balaban J connectivity index is 1.59. The van der Waals surface area contributed by atoms with Gasteiger partial charge in [-0.25, -0.2) is 17.2 Å². The van der Waals surface area contributed by atoms with Gasteiger partial charge in [-0.1, -0.05) is 42.5 Å². The summed E-state index contributed by atoms with van der Waals surface area (Å²) in [7, 11) is -4.74. The molecule has 1 heterocycles. The molecule has 1 aliphatic carbocycles. The van der Waals surface area contributed by atoms with Crippen molar-refractivity contribution in [2.75, 3.05) is 13.1 Å². The van der Waals surface area contributed by atoms with Gasteiger partial charge in [0.1, 0.15) is 16.4 Å². The zero-order valence-electron chi connectivity index (χ0n) is 26.1.